The number of hydrogen-bond acceptors (Lipinski definition) is 7. The molecule has 0 aliphatic carbocycles. The molecule has 0 fully saturated rings. The molecule has 7 heteroatoms. The summed E-state index contributed by atoms with van der Waals surface area (Å²) >= 11 is 3.30. The van der Waals surface area contributed by atoms with Gasteiger partial charge in [-0.1, -0.05) is 11.8 Å². The summed E-state index contributed by atoms with van der Waals surface area (Å²) in [6.07, 6.45) is 1.94. The van der Waals surface area contributed by atoms with Gasteiger partial charge in [0.25, 0.3) is 0 Å². The zero-order valence-electron chi connectivity index (χ0n) is 12.0. The number of aryl methyl sites for hydroxylation is 2. The molecule has 1 atom stereocenters. The van der Waals surface area contributed by atoms with Crippen molar-refractivity contribution in [3.63, 3.8) is 0 Å². The number of thiophene rings is 1. The lowest BCUT2D eigenvalue weighted by Gasteiger charge is -2.15. The Morgan fingerprint density at radius 1 is 1.25 bits per heavy atom. The van der Waals surface area contributed by atoms with Gasteiger partial charge in [-0.3, -0.25) is 0 Å². The van der Waals surface area contributed by atoms with E-state index in [0.29, 0.717) is 11.0 Å². The van der Waals surface area contributed by atoms with Crippen LogP contribution in [0.25, 0.3) is 0 Å². The molecule has 2 rings (SSSR count). The van der Waals surface area contributed by atoms with Crippen LogP contribution in [0.2, 0.25) is 0 Å². The number of nitrogens with two attached hydrogens (primary N) is 1. The molecule has 0 spiro atoms. The summed E-state index contributed by atoms with van der Waals surface area (Å²) < 4.78 is 0. The van der Waals surface area contributed by atoms with Gasteiger partial charge in [-0.25, -0.2) is 15.8 Å². The van der Waals surface area contributed by atoms with E-state index in [1.807, 2.05) is 23.7 Å². The van der Waals surface area contributed by atoms with Gasteiger partial charge < -0.3 is 10.7 Å². The van der Waals surface area contributed by atoms with Crippen LogP contribution in [0.15, 0.2) is 17.3 Å². The fraction of sp³-hybridized carbons (Fsp3) is 0.385. The van der Waals surface area contributed by atoms with Crippen LogP contribution in [0.4, 0.5) is 11.6 Å². The average Bonchev–Trinajstić information content (AvgIpc) is 2.77. The van der Waals surface area contributed by atoms with E-state index in [1.165, 1.54) is 27.1 Å². The standard InChI is InChI=1S/C13H19N5S2/c1-7-5-10(9(3)20-7)8(2)15-11-6-12(18-14)17-13(16-11)19-4/h5-6,8H,14H2,1-4H3,(H2,15,16,17,18). The Bertz CT molecular complexity index is 574. The van der Waals surface area contributed by atoms with E-state index in [1.54, 1.807) is 0 Å². The Balaban J connectivity index is 2.22. The van der Waals surface area contributed by atoms with Crippen molar-refractivity contribution in [1.82, 2.24) is 9.97 Å². The second kappa shape index (κ2) is 6.43. The molecule has 2 heterocycles. The van der Waals surface area contributed by atoms with Crippen molar-refractivity contribution >= 4 is 34.7 Å². The first-order valence-electron chi connectivity index (χ1n) is 6.26. The molecule has 0 radical (unpaired) electrons. The molecule has 0 amide bonds. The monoisotopic (exact) mass is 309 g/mol. The van der Waals surface area contributed by atoms with Crippen LogP contribution in [-0.4, -0.2) is 16.2 Å². The molecule has 2 aromatic rings. The summed E-state index contributed by atoms with van der Waals surface area (Å²) in [4.78, 5) is 11.4. The highest BCUT2D eigenvalue weighted by molar-refractivity contribution is 7.98. The molecule has 2 aromatic heterocycles. The van der Waals surface area contributed by atoms with Crippen LogP contribution in [0.3, 0.4) is 0 Å². The smallest absolute Gasteiger partial charge is 0.191 e. The molecule has 0 saturated heterocycles. The summed E-state index contributed by atoms with van der Waals surface area (Å²) in [6, 6.07) is 4.22. The first-order chi connectivity index (χ1) is 9.53. The third-order valence-corrected chi connectivity index (χ3v) is 4.48. The van der Waals surface area contributed by atoms with Crippen LogP contribution in [0.5, 0.6) is 0 Å². The van der Waals surface area contributed by atoms with E-state index < -0.39 is 0 Å². The van der Waals surface area contributed by atoms with Crippen molar-refractivity contribution < 1.29 is 0 Å². The number of nitrogen functional groups attached to an aromatic ring is 1. The van der Waals surface area contributed by atoms with Crippen LogP contribution in [0, 0.1) is 13.8 Å². The number of nitrogens with one attached hydrogen (secondary N) is 2. The molecule has 1 unspecified atom stereocenters. The van der Waals surface area contributed by atoms with E-state index in [0.717, 1.165) is 5.82 Å². The predicted octanol–water partition coefficient (Wildman–Crippen LogP) is 3.34. The minimum Gasteiger partial charge on any atom is -0.363 e. The Kier molecular flexibility index (Phi) is 4.85. The van der Waals surface area contributed by atoms with Gasteiger partial charge in [0.05, 0.1) is 6.04 Å². The summed E-state index contributed by atoms with van der Waals surface area (Å²) in [5.41, 5.74) is 3.87. The molecule has 0 saturated carbocycles. The van der Waals surface area contributed by atoms with E-state index >= 15 is 0 Å². The number of aromatic nitrogens is 2. The summed E-state index contributed by atoms with van der Waals surface area (Å²) in [7, 11) is 0. The van der Waals surface area contributed by atoms with Gasteiger partial charge in [0.2, 0.25) is 0 Å². The maximum atomic E-state index is 5.44. The van der Waals surface area contributed by atoms with Crippen molar-refractivity contribution in [2.75, 3.05) is 17.0 Å². The third kappa shape index (κ3) is 3.41. The minimum atomic E-state index is 0.190. The number of thioether (sulfide) groups is 1. The van der Waals surface area contributed by atoms with Crippen molar-refractivity contribution in [1.29, 1.82) is 0 Å². The fourth-order valence-electron chi connectivity index (χ4n) is 2.04. The zero-order chi connectivity index (χ0) is 14.7. The largest absolute Gasteiger partial charge is 0.363 e. The minimum absolute atomic E-state index is 0.190. The van der Waals surface area contributed by atoms with Crippen molar-refractivity contribution in [3.8, 4) is 0 Å². The second-order valence-electron chi connectivity index (χ2n) is 4.50. The topological polar surface area (TPSA) is 75.9 Å². The average molecular weight is 309 g/mol. The van der Waals surface area contributed by atoms with Crippen LogP contribution < -0.4 is 16.6 Å². The highest BCUT2D eigenvalue weighted by atomic mass is 32.2. The molecule has 0 aliphatic rings. The number of anilines is 2. The lowest BCUT2D eigenvalue weighted by molar-refractivity contribution is 0.854. The first kappa shape index (κ1) is 15.1. The van der Waals surface area contributed by atoms with Gasteiger partial charge >= 0.3 is 0 Å². The summed E-state index contributed by atoms with van der Waals surface area (Å²) in [5.74, 6) is 6.82. The van der Waals surface area contributed by atoms with Crippen molar-refractivity contribution in [2.24, 2.45) is 5.84 Å². The quantitative estimate of drug-likeness (QED) is 0.340. The number of hydrazine groups is 1. The Morgan fingerprint density at radius 3 is 2.50 bits per heavy atom. The van der Waals surface area contributed by atoms with Crippen LogP contribution >= 0.6 is 23.1 Å². The predicted molar refractivity (Wildman–Crippen MR) is 87.5 cm³/mol. The number of rotatable bonds is 5. The first-order valence-corrected chi connectivity index (χ1v) is 8.30. The van der Waals surface area contributed by atoms with E-state index in [9.17, 15) is 0 Å². The van der Waals surface area contributed by atoms with E-state index in [-0.39, 0.29) is 6.04 Å². The Morgan fingerprint density at radius 2 is 1.95 bits per heavy atom. The molecular formula is C13H19N5S2. The van der Waals surface area contributed by atoms with Gasteiger partial charge in [-0.05, 0) is 38.7 Å². The molecule has 0 bridgehead atoms. The van der Waals surface area contributed by atoms with E-state index in [4.69, 9.17) is 5.84 Å². The molecule has 20 heavy (non-hydrogen) atoms. The Hall–Kier alpha value is -1.31. The normalized spacial score (nSPS) is 12.2. The van der Waals surface area contributed by atoms with Crippen LogP contribution in [-0.2, 0) is 0 Å². The molecule has 0 aliphatic heterocycles. The molecule has 108 valence electrons. The van der Waals surface area contributed by atoms with Crippen molar-refractivity contribution in [2.45, 2.75) is 32.0 Å². The number of nitrogens with zero attached hydrogens (tertiary/aromatic N) is 2. The second-order valence-corrected chi connectivity index (χ2v) is 6.74. The van der Waals surface area contributed by atoms with Gasteiger partial charge in [-0.15, -0.1) is 11.3 Å². The lowest BCUT2D eigenvalue weighted by Crippen LogP contribution is -2.12. The number of hydrogen-bond donors (Lipinski definition) is 3. The summed E-state index contributed by atoms with van der Waals surface area (Å²) in [5, 5.41) is 4.10. The van der Waals surface area contributed by atoms with E-state index in [2.05, 4.69) is 47.5 Å². The molecule has 0 aromatic carbocycles. The SMILES string of the molecule is CSc1nc(NN)cc(NC(C)c2cc(C)sc2C)n1. The maximum absolute atomic E-state index is 5.44. The maximum Gasteiger partial charge on any atom is 0.191 e. The third-order valence-electron chi connectivity index (χ3n) is 2.95. The molecule has 5 nitrogen and oxygen atoms in total. The fourth-order valence-corrected chi connectivity index (χ4v) is 3.45. The lowest BCUT2D eigenvalue weighted by atomic mass is 10.1. The summed E-state index contributed by atoms with van der Waals surface area (Å²) in [6.45, 7) is 6.40. The molecular weight excluding hydrogens is 290 g/mol. The van der Waals surface area contributed by atoms with Gasteiger partial charge in [0.1, 0.15) is 11.6 Å². The highest BCUT2D eigenvalue weighted by Gasteiger charge is 2.12. The molecule has 4 N–H and O–H groups in total. The van der Waals surface area contributed by atoms with Gasteiger partial charge in [0.15, 0.2) is 5.16 Å². The van der Waals surface area contributed by atoms with Gasteiger partial charge in [0, 0.05) is 15.8 Å². The van der Waals surface area contributed by atoms with Crippen molar-refractivity contribution in [3.05, 3.63) is 27.5 Å². The highest BCUT2D eigenvalue weighted by Crippen LogP contribution is 2.28. The van der Waals surface area contributed by atoms with Gasteiger partial charge in [-0.2, -0.15) is 0 Å². The zero-order valence-corrected chi connectivity index (χ0v) is 13.7. The van der Waals surface area contributed by atoms with Crippen LogP contribution in [0.1, 0.15) is 28.3 Å². The Labute approximate surface area is 127 Å².